The van der Waals surface area contributed by atoms with Crippen LogP contribution in [0.2, 0.25) is 0 Å². The number of hydrogen-bond donors (Lipinski definition) is 0. The minimum absolute atomic E-state index is 0.803. The number of benzene rings is 1. The molecule has 0 saturated carbocycles. The highest BCUT2D eigenvalue weighted by molar-refractivity contribution is 5.45. The first-order valence-electron chi connectivity index (χ1n) is 7.95. The van der Waals surface area contributed by atoms with Crippen LogP contribution in [-0.2, 0) is 6.42 Å². The van der Waals surface area contributed by atoms with Crippen molar-refractivity contribution in [3.63, 3.8) is 0 Å². The van der Waals surface area contributed by atoms with Crippen molar-refractivity contribution in [2.24, 2.45) is 0 Å². The van der Waals surface area contributed by atoms with Crippen LogP contribution in [0.5, 0.6) is 11.5 Å². The fourth-order valence-electron chi connectivity index (χ4n) is 2.65. The molecule has 3 heteroatoms. The molecule has 112 valence electrons. The third-order valence-corrected chi connectivity index (χ3v) is 3.94. The first kappa shape index (κ1) is 15.2. The van der Waals surface area contributed by atoms with Crippen LogP contribution in [0, 0.1) is 0 Å². The maximum Gasteiger partial charge on any atom is 0.126 e. The molecule has 0 bridgehead atoms. The van der Waals surface area contributed by atoms with Gasteiger partial charge in [0.2, 0.25) is 0 Å². The van der Waals surface area contributed by atoms with E-state index in [1.807, 2.05) is 12.1 Å². The van der Waals surface area contributed by atoms with Crippen LogP contribution in [0.15, 0.2) is 18.2 Å². The standard InChI is InChI=1S/C17H27NO2/c1-3-18(4-2)12-5-6-13-19-16-10-7-11-17-15(16)9-8-14-20-17/h7,10-11H,3-6,8-9,12-14H2,1-2H3. The minimum atomic E-state index is 0.803. The molecular weight excluding hydrogens is 250 g/mol. The second-order valence-corrected chi connectivity index (χ2v) is 5.27. The highest BCUT2D eigenvalue weighted by atomic mass is 16.5. The Morgan fingerprint density at radius 3 is 2.85 bits per heavy atom. The van der Waals surface area contributed by atoms with Crippen molar-refractivity contribution >= 4 is 0 Å². The van der Waals surface area contributed by atoms with Crippen molar-refractivity contribution in [2.45, 2.75) is 39.5 Å². The number of unbranched alkanes of at least 4 members (excludes halogenated alkanes) is 1. The van der Waals surface area contributed by atoms with Crippen LogP contribution in [0.25, 0.3) is 0 Å². The van der Waals surface area contributed by atoms with Gasteiger partial charge in [-0.1, -0.05) is 19.9 Å². The zero-order valence-corrected chi connectivity index (χ0v) is 12.9. The second kappa shape index (κ2) is 8.15. The Hall–Kier alpha value is -1.22. The molecule has 2 rings (SSSR count). The quantitative estimate of drug-likeness (QED) is 0.679. The van der Waals surface area contributed by atoms with Gasteiger partial charge in [0.25, 0.3) is 0 Å². The molecule has 0 unspecified atom stereocenters. The Bertz CT molecular complexity index is 402. The molecule has 1 aliphatic rings. The summed E-state index contributed by atoms with van der Waals surface area (Å²) in [5.74, 6) is 2.03. The lowest BCUT2D eigenvalue weighted by Crippen LogP contribution is -2.24. The van der Waals surface area contributed by atoms with E-state index in [0.29, 0.717) is 0 Å². The fourth-order valence-corrected chi connectivity index (χ4v) is 2.65. The summed E-state index contributed by atoms with van der Waals surface area (Å²) in [5, 5.41) is 0. The highest BCUT2D eigenvalue weighted by Crippen LogP contribution is 2.32. The Morgan fingerprint density at radius 2 is 2.05 bits per heavy atom. The Kier molecular flexibility index (Phi) is 6.19. The lowest BCUT2D eigenvalue weighted by Gasteiger charge is -2.20. The second-order valence-electron chi connectivity index (χ2n) is 5.27. The molecule has 1 heterocycles. The molecule has 0 N–H and O–H groups in total. The molecule has 0 aliphatic carbocycles. The molecule has 20 heavy (non-hydrogen) atoms. The summed E-state index contributed by atoms with van der Waals surface area (Å²) in [6.07, 6.45) is 4.48. The first-order chi connectivity index (χ1) is 9.85. The van der Waals surface area contributed by atoms with Gasteiger partial charge >= 0.3 is 0 Å². The highest BCUT2D eigenvalue weighted by Gasteiger charge is 2.14. The smallest absolute Gasteiger partial charge is 0.126 e. The van der Waals surface area contributed by atoms with Gasteiger partial charge in [0.15, 0.2) is 0 Å². The van der Waals surface area contributed by atoms with Crippen molar-refractivity contribution in [1.82, 2.24) is 4.90 Å². The van der Waals surface area contributed by atoms with E-state index in [1.165, 1.54) is 18.5 Å². The zero-order valence-electron chi connectivity index (χ0n) is 12.9. The molecule has 0 saturated heterocycles. The van der Waals surface area contributed by atoms with Gasteiger partial charge in [0.05, 0.1) is 13.2 Å². The number of fused-ring (bicyclic) bond motifs is 1. The average molecular weight is 277 g/mol. The van der Waals surface area contributed by atoms with Crippen LogP contribution in [0.4, 0.5) is 0 Å². The topological polar surface area (TPSA) is 21.7 Å². The van der Waals surface area contributed by atoms with Crippen molar-refractivity contribution < 1.29 is 9.47 Å². The largest absolute Gasteiger partial charge is 0.493 e. The molecule has 1 aromatic carbocycles. The number of nitrogens with zero attached hydrogens (tertiary/aromatic N) is 1. The summed E-state index contributed by atoms with van der Waals surface area (Å²) in [5.41, 5.74) is 1.25. The fraction of sp³-hybridized carbons (Fsp3) is 0.647. The van der Waals surface area contributed by atoms with Crippen LogP contribution < -0.4 is 9.47 Å². The van der Waals surface area contributed by atoms with Gasteiger partial charge in [0, 0.05) is 5.56 Å². The number of rotatable bonds is 8. The van der Waals surface area contributed by atoms with Gasteiger partial charge in [-0.2, -0.15) is 0 Å². The third-order valence-electron chi connectivity index (χ3n) is 3.94. The Labute approximate surface area is 122 Å². The van der Waals surface area contributed by atoms with E-state index in [4.69, 9.17) is 9.47 Å². The molecule has 3 nitrogen and oxygen atoms in total. The first-order valence-corrected chi connectivity index (χ1v) is 7.95. The molecule has 0 atom stereocenters. The maximum absolute atomic E-state index is 5.95. The average Bonchev–Trinajstić information content (AvgIpc) is 2.51. The zero-order chi connectivity index (χ0) is 14.2. The maximum atomic E-state index is 5.95. The number of hydrogen-bond acceptors (Lipinski definition) is 3. The van der Waals surface area contributed by atoms with Crippen molar-refractivity contribution in [3.8, 4) is 11.5 Å². The van der Waals surface area contributed by atoms with E-state index in [1.54, 1.807) is 0 Å². The van der Waals surface area contributed by atoms with Gasteiger partial charge in [-0.05, 0) is 57.5 Å². The van der Waals surface area contributed by atoms with E-state index < -0.39 is 0 Å². The van der Waals surface area contributed by atoms with Gasteiger partial charge in [-0.3, -0.25) is 0 Å². The molecule has 1 aromatic rings. The summed E-state index contributed by atoms with van der Waals surface area (Å²) in [7, 11) is 0. The van der Waals surface area contributed by atoms with Crippen LogP contribution in [-0.4, -0.2) is 37.7 Å². The summed E-state index contributed by atoms with van der Waals surface area (Å²) in [4.78, 5) is 2.46. The molecule has 0 amide bonds. The van der Waals surface area contributed by atoms with Crippen molar-refractivity contribution in [2.75, 3.05) is 32.8 Å². The molecule has 1 aliphatic heterocycles. The molecule has 0 radical (unpaired) electrons. The minimum Gasteiger partial charge on any atom is -0.493 e. The lowest BCUT2D eigenvalue weighted by atomic mass is 10.1. The van der Waals surface area contributed by atoms with E-state index in [-0.39, 0.29) is 0 Å². The van der Waals surface area contributed by atoms with E-state index in [9.17, 15) is 0 Å². The summed E-state index contributed by atoms with van der Waals surface area (Å²) in [6.45, 7) is 9.53. The number of ether oxygens (including phenoxy) is 2. The summed E-state index contributed by atoms with van der Waals surface area (Å²) in [6, 6.07) is 6.13. The summed E-state index contributed by atoms with van der Waals surface area (Å²) < 4.78 is 11.6. The third kappa shape index (κ3) is 4.14. The normalized spacial score (nSPS) is 13.9. The Balaban J connectivity index is 1.74. The molecule has 0 aromatic heterocycles. The van der Waals surface area contributed by atoms with Crippen LogP contribution >= 0.6 is 0 Å². The van der Waals surface area contributed by atoms with Crippen LogP contribution in [0.3, 0.4) is 0 Å². The molecule has 0 spiro atoms. The van der Waals surface area contributed by atoms with E-state index in [2.05, 4.69) is 24.8 Å². The van der Waals surface area contributed by atoms with Crippen LogP contribution in [0.1, 0.15) is 38.7 Å². The lowest BCUT2D eigenvalue weighted by molar-refractivity contribution is 0.255. The van der Waals surface area contributed by atoms with Crippen molar-refractivity contribution in [3.05, 3.63) is 23.8 Å². The van der Waals surface area contributed by atoms with Gasteiger partial charge in [0.1, 0.15) is 11.5 Å². The molecular formula is C17H27NO2. The van der Waals surface area contributed by atoms with Gasteiger partial charge < -0.3 is 14.4 Å². The monoisotopic (exact) mass is 277 g/mol. The summed E-state index contributed by atoms with van der Waals surface area (Å²) >= 11 is 0. The molecule has 0 fully saturated rings. The van der Waals surface area contributed by atoms with Crippen molar-refractivity contribution in [1.29, 1.82) is 0 Å². The predicted octanol–water partition coefficient (Wildman–Crippen LogP) is 3.51. The van der Waals surface area contributed by atoms with E-state index >= 15 is 0 Å². The SMILES string of the molecule is CCN(CC)CCCCOc1cccc2c1CCCO2. The van der Waals surface area contributed by atoms with E-state index in [0.717, 1.165) is 57.1 Å². The van der Waals surface area contributed by atoms with Gasteiger partial charge in [-0.25, -0.2) is 0 Å². The van der Waals surface area contributed by atoms with Gasteiger partial charge in [-0.15, -0.1) is 0 Å². The Morgan fingerprint density at radius 1 is 1.20 bits per heavy atom. The predicted molar refractivity (Wildman–Crippen MR) is 82.8 cm³/mol.